The number of fused-ring (bicyclic) bond motifs is 3. The second-order valence-corrected chi connectivity index (χ2v) is 9.24. The zero-order chi connectivity index (χ0) is 18.1. The second-order valence-electron chi connectivity index (χ2n) is 7.20. The molecule has 1 aliphatic carbocycles. The van der Waals surface area contributed by atoms with Crippen LogP contribution in [0.25, 0.3) is 10.2 Å². The van der Waals surface area contributed by atoms with E-state index in [1.165, 1.54) is 35.0 Å². The summed E-state index contributed by atoms with van der Waals surface area (Å²) in [5.74, 6) is 0.505. The van der Waals surface area contributed by atoms with E-state index in [0.29, 0.717) is 17.0 Å². The number of aromatic amines is 1. The highest BCUT2D eigenvalue weighted by atomic mass is 32.2. The number of rotatable bonds is 4. The Bertz CT molecular complexity index is 874. The number of nitrogens with zero attached hydrogens (tertiary/aromatic N) is 2. The van der Waals surface area contributed by atoms with E-state index >= 15 is 0 Å². The lowest BCUT2D eigenvalue weighted by atomic mass is 9.97. The van der Waals surface area contributed by atoms with E-state index in [2.05, 4.69) is 16.9 Å². The second kappa shape index (κ2) is 7.72. The fourth-order valence-electron chi connectivity index (χ4n) is 4.18. The Labute approximate surface area is 161 Å². The number of thiophene rings is 1. The van der Waals surface area contributed by atoms with E-state index in [4.69, 9.17) is 0 Å². The molecule has 2 aliphatic rings. The zero-order valence-corrected chi connectivity index (χ0v) is 16.8. The van der Waals surface area contributed by atoms with Crippen LogP contribution in [0, 0.1) is 0 Å². The smallest absolute Gasteiger partial charge is 0.260 e. The molecule has 1 N–H and O–H groups in total. The van der Waals surface area contributed by atoms with Gasteiger partial charge in [-0.1, -0.05) is 18.7 Å². The van der Waals surface area contributed by atoms with Gasteiger partial charge in [-0.3, -0.25) is 9.59 Å². The van der Waals surface area contributed by atoms with Gasteiger partial charge in [0.25, 0.3) is 5.56 Å². The van der Waals surface area contributed by atoms with Gasteiger partial charge in [0.1, 0.15) is 4.83 Å². The first-order valence-corrected chi connectivity index (χ1v) is 11.4. The Morgan fingerprint density at radius 3 is 3.00 bits per heavy atom. The monoisotopic (exact) mass is 391 g/mol. The highest BCUT2D eigenvalue weighted by molar-refractivity contribution is 7.99. The number of nitrogens with one attached hydrogen (secondary N) is 1. The summed E-state index contributed by atoms with van der Waals surface area (Å²) >= 11 is 3.01. The van der Waals surface area contributed by atoms with E-state index in [1.54, 1.807) is 11.3 Å². The summed E-state index contributed by atoms with van der Waals surface area (Å²) < 4.78 is 0. The number of H-pyrrole nitrogens is 1. The van der Waals surface area contributed by atoms with E-state index in [0.717, 1.165) is 55.3 Å². The molecule has 2 aromatic heterocycles. The minimum Gasteiger partial charge on any atom is -0.339 e. The van der Waals surface area contributed by atoms with Crippen molar-refractivity contribution in [2.24, 2.45) is 0 Å². The predicted octanol–water partition coefficient (Wildman–Crippen LogP) is 3.75. The molecule has 1 saturated heterocycles. The molecule has 26 heavy (non-hydrogen) atoms. The summed E-state index contributed by atoms with van der Waals surface area (Å²) in [7, 11) is 0. The van der Waals surface area contributed by atoms with Gasteiger partial charge in [0.15, 0.2) is 5.16 Å². The predicted molar refractivity (Wildman–Crippen MR) is 107 cm³/mol. The maximum Gasteiger partial charge on any atom is 0.260 e. The van der Waals surface area contributed by atoms with Gasteiger partial charge in [-0.05, 0) is 56.9 Å². The number of piperidine rings is 1. The van der Waals surface area contributed by atoms with E-state index in [1.807, 2.05) is 4.90 Å². The van der Waals surface area contributed by atoms with Crippen molar-refractivity contribution in [3.63, 3.8) is 0 Å². The molecule has 3 heterocycles. The van der Waals surface area contributed by atoms with Crippen LogP contribution >= 0.6 is 23.1 Å². The van der Waals surface area contributed by atoms with Crippen molar-refractivity contribution >= 4 is 39.2 Å². The van der Waals surface area contributed by atoms with Crippen LogP contribution in [0.1, 0.15) is 55.9 Å². The van der Waals surface area contributed by atoms with Crippen LogP contribution in [0.4, 0.5) is 0 Å². The molecule has 0 saturated carbocycles. The highest BCUT2D eigenvalue weighted by Crippen LogP contribution is 2.34. The SMILES string of the molecule is CC[C@H]1CCCCN1C(=O)CSc1nc2sc3c(c2c(=O)[nH]1)CCCC3. The minimum atomic E-state index is -0.0474. The third-order valence-corrected chi connectivity index (χ3v) is 7.60. The molecule has 0 aromatic carbocycles. The lowest BCUT2D eigenvalue weighted by Crippen LogP contribution is -2.44. The third-order valence-electron chi connectivity index (χ3n) is 5.55. The van der Waals surface area contributed by atoms with E-state index in [-0.39, 0.29) is 11.5 Å². The molecule has 1 atom stereocenters. The number of carbonyl (C=O) groups excluding carboxylic acids is 1. The zero-order valence-electron chi connectivity index (χ0n) is 15.2. The first-order valence-electron chi connectivity index (χ1n) is 9.64. The average molecular weight is 392 g/mol. The van der Waals surface area contributed by atoms with E-state index in [9.17, 15) is 9.59 Å². The largest absolute Gasteiger partial charge is 0.339 e. The van der Waals surface area contributed by atoms with Gasteiger partial charge in [0, 0.05) is 17.5 Å². The summed E-state index contributed by atoms with van der Waals surface area (Å²) in [6, 6.07) is 0.371. The fraction of sp³-hybridized carbons (Fsp3) is 0.632. The van der Waals surface area contributed by atoms with Crippen molar-refractivity contribution in [1.29, 1.82) is 0 Å². The molecule has 140 valence electrons. The topological polar surface area (TPSA) is 66.1 Å². The van der Waals surface area contributed by atoms with Gasteiger partial charge in [0.05, 0.1) is 11.1 Å². The molecule has 0 spiro atoms. The molecular formula is C19H25N3O2S2. The Hall–Kier alpha value is -1.34. The Morgan fingerprint density at radius 1 is 1.31 bits per heavy atom. The number of aryl methyl sites for hydroxylation is 2. The van der Waals surface area contributed by atoms with Crippen molar-refractivity contribution in [2.45, 2.75) is 69.5 Å². The number of likely N-dealkylation sites (tertiary alicyclic amines) is 1. The summed E-state index contributed by atoms with van der Waals surface area (Å²) in [5, 5.41) is 1.35. The van der Waals surface area contributed by atoms with Crippen LogP contribution in [0.3, 0.4) is 0 Å². The molecule has 5 nitrogen and oxygen atoms in total. The number of aromatic nitrogens is 2. The molecule has 0 unspecified atom stereocenters. The molecule has 4 rings (SSSR count). The van der Waals surface area contributed by atoms with Crippen molar-refractivity contribution in [3.05, 3.63) is 20.8 Å². The van der Waals surface area contributed by atoms with Crippen LogP contribution in [-0.2, 0) is 17.6 Å². The minimum absolute atomic E-state index is 0.0474. The Morgan fingerprint density at radius 2 is 2.15 bits per heavy atom. The van der Waals surface area contributed by atoms with Crippen LogP contribution < -0.4 is 5.56 Å². The lowest BCUT2D eigenvalue weighted by molar-refractivity contribution is -0.132. The van der Waals surface area contributed by atoms with Crippen LogP contribution in [0.2, 0.25) is 0 Å². The molecule has 1 fully saturated rings. The van der Waals surface area contributed by atoms with Gasteiger partial charge >= 0.3 is 0 Å². The quantitative estimate of drug-likeness (QED) is 0.637. The number of hydrogen-bond acceptors (Lipinski definition) is 5. The molecule has 0 radical (unpaired) electrons. The van der Waals surface area contributed by atoms with Crippen LogP contribution in [0.15, 0.2) is 9.95 Å². The van der Waals surface area contributed by atoms with Gasteiger partial charge in [-0.2, -0.15) is 0 Å². The van der Waals surface area contributed by atoms with Gasteiger partial charge in [-0.25, -0.2) is 4.98 Å². The number of hydrogen-bond donors (Lipinski definition) is 1. The molecule has 1 amide bonds. The Kier molecular flexibility index (Phi) is 5.36. The fourth-order valence-corrected chi connectivity index (χ4v) is 6.25. The molecular weight excluding hydrogens is 366 g/mol. The molecule has 7 heteroatoms. The maximum absolute atomic E-state index is 12.6. The number of carbonyl (C=O) groups is 1. The molecule has 0 bridgehead atoms. The van der Waals surface area contributed by atoms with Gasteiger partial charge < -0.3 is 9.88 Å². The van der Waals surface area contributed by atoms with E-state index < -0.39 is 0 Å². The molecule has 1 aliphatic heterocycles. The summed E-state index contributed by atoms with van der Waals surface area (Å²) in [6.07, 6.45) is 8.81. The number of amides is 1. The van der Waals surface area contributed by atoms with Crippen molar-refractivity contribution in [1.82, 2.24) is 14.9 Å². The average Bonchev–Trinajstić information content (AvgIpc) is 3.05. The molecule has 2 aromatic rings. The maximum atomic E-state index is 12.6. The lowest BCUT2D eigenvalue weighted by Gasteiger charge is -2.35. The van der Waals surface area contributed by atoms with Crippen LogP contribution in [-0.4, -0.2) is 39.1 Å². The number of thioether (sulfide) groups is 1. The van der Waals surface area contributed by atoms with Gasteiger partial charge in [-0.15, -0.1) is 11.3 Å². The highest BCUT2D eigenvalue weighted by Gasteiger charge is 2.25. The van der Waals surface area contributed by atoms with Crippen LogP contribution in [0.5, 0.6) is 0 Å². The first-order chi connectivity index (χ1) is 12.7. The third kappa shape index (κ3) is 3.43. The Balaban J connectivity index is 1.51. The summed E-state index contributed by atoms with van der Waals surface area (Å²) in [4.78, 5) is 36.9. The normalized spacial score (nSPS) is 20.3. The summed E-state index contributed by atoms with van der Waals surface area (Å²) in [5.41, 5.74) is 1.16. The van der Waals surface area contributed by atoms with Crippen molar-refractivity contribution < 1.29 is 4.79 Å². The van der Waals surface area contributed by atoms with Crippen molar-refractivity contribution in [2.75, 3.05) is 12.3 Å². The van der Waals surface area contributed by atoms with Crippen molar-refractivity contribution in [3.8, 4) is 0 Å². The van der Waals surface area contributed by atoms with Gasteiger partial charge in [0.2, 0.25) is 5.91 Å². The first kappa shape index (κ1) is 18.0. The summed E-state index contributed by atoms with van der Waals surface area (Å²) in [6.45, 7) is 3.01. The standard InChI is InChI=1S/C19H25N3O2S2/c1-2-12-7-5-6-10-22(12)15(23)11-25-19-20-17(24)16-13-8-3-4-9-14(13)26-18(16)21-19/h12H,2-11H2,1H3,(H,20,21,24)/t12-/m0/s1.